The quantitative estimate of drug-likeness (QED) is 0.874. The van der Waals surface area contributed by atoms with E-state index < -0.39 is 0 Å². The molecular weight excluding hydrogens is 222 g/mol. The second-order valence-electron chi connectivity index (χ2n) is 5.73. The van der Waals surface area contributed by atoms with Crippen molar-refractivity contribution in [1.29, 1.82) is 0 Å². The van der Waals surface area contributed by atoms with Gasteiger partial charge < -0.3 is 10.1 Å². The molecule has 0 aromatic heterocycles. The van der Waals surface area contributed by atoms with Crippen molar-refractivity contribution in [2.75, 3.05) is 6.61 Å². The molecule has 0 fully saturated rings. The average molecular weight is 247 g/mol. The molecule has 2 rings (SSSR count). The summed E-state index contributed by atoms with van der Waals surface area (Å²) in [5, 5.41) is 3.83. The zero-order valence-corrected chi connectivity index (χ0v) is 11.9. The first-order valence-corrected chi connectivity index (χ1v) is 7.11. The van der Waals surface area contributed by atoms with Gasteiger partial charge in [-0.05, 0) is 18.4 Å². The van der Waals surface area contributed by atoms with Crippen molar-refractivity contribution in [3.05, 3.63) is 29.8 Å². The maximum absolute atomic E-state index is 5.80. The Morgan fingerprint density at radius 3 is 2.72 bits per heavy atom. The molecule has 2 nitrogen and oxygen atoms in total. The molecule has 0 saturated heterocycles. The summed E-state index contributed by atoms with van der Waals surface area (Å²) >= 11 is 0. The van der Waals surface area contributed by atoms with Gasteiger partial charge in [0, 0.05) is 23.6 Å². The molecule has 1 N–H and O–H groups in total. The van der Waals surface area contributed by atoms with Crippen LogP contribution in [0.1, 0.15) is 45.7 Å². The van der Waals surface area contributed by atoms with E-state index in [-0.39, 0.29) is 0 Å². The Labute approximate surface area is 111 Å². The summed E-state index contributed by atoms with van der Waals surface area (Å²) in [6, 6.07) is 9.41. The first kappa shape index (κ1) is 13.4. The normalized spacial score (nSPS) is 24.5. The minimum Gasteiger partial charge on any atom is -0.493 e. The topological polar surface area (TPSA) is 21.3 Å². The highest BCUT2D eigenvalue weighted by Crippen LogP contribution is 2.35. The SMILES string of the molecule is CCC(NC1c2ccccc2OCC1C)C(C)C. The highest BCUT2D eigenvalue weighted by atomic mass is 16.5. The van der Waals surface area contributed by atoms with Gasteiger partial charge >= 0.3 is 0 Å². The molecule has 0 bridgehead atoms. The van der Waals surface area contributed by atoms with Crippen LogP contribution in [0.2, 0.25) is 0 Å². The largest absolute Gasteiger partial charge is 0.493 e. The molecule has 1 aromatic rings. The van der Waals surface area contributed by atoms with Crippen molar-refractivity contribution < 1.29 is 4.74 Å². The van der Waals surface area contributed by atoms with E-state index in [1.54, 1.807) is 0 Å². The summed E-state index contributed by atoms with van der Waals surface area (Å²) in [6.45, 7) is 9.91. The van der Waals surface area contributed by atoms with Crippen LogP contribution >= 0.6 is 0 Å². The van der Waals surface area contributed by atoms with Crippen molar-refractivity contribution >= 4 is 0 Å². The molecule has 1 aliphatic heterocycles. The fraction of sp³-hybridized carbons (Fsp3) is 0.625. The molecule has 3 atom stereocenters. The Hall–Kier alpha value is -1.02. The average Bonchev–Trinajstić information content (AvgIpc) is 2.37. The molecular formula is C16H25NO. The Kier molecular flexibility index (Phi) is 4.28. The first-order valence-electron chi connectivity index (χ1n) is 7.11. The Morgan fingerprint density at radius 2 is 2.06 bits per heavy atom. The summed E-state index contributed by atoms with van der Waals surface area (Å²) in [5.41, 5.74) is 1.32. The molecule has 100 valence electrons. The molecule has 1 aromatic carbocycles. The highest BCUT2D eigenvalue weighted by Gasteiger charge is 2.29. The summed E-state index contributed by atoms with van der Waals surface area (Å²) < 4.78 is 5.80. The molecule has 1 aliphatic rings. The minimum absolute atomic E-state index is 0.419. The van der Waals surface area contributed by atoms with Crippen LogP contribution in [-0.2, 0) is 0 Å². The van der Waals surface area contributed by atoms with Gasteiger partial charge in [-0.15, -0.1) is 0 Å². The second kappa shape index (κ2) is 5.75. The fourth-order valence-corrected chi connectivity index (χ4v) is 2.76. The molecule has 3 unspecified atom stereocenters. The fourth-order valence-electron chi connectivity index (χ4n) is 2.76. The van der Waals surface area contributed by atoms with Gasteiger partial charge in [-0.1, -0.05) is 45.9 Å². The Balaban J connectivity index is 2.21. The lowest BCUT2D eigenvalue weighted by Crippen LogP contribution is -2.42. The maximum atomic E-state index is 5.80. The van der Waals surface area contributed by atoms with Gasteiger partial charge in [-0.2, -0.15) is 0 Å². The van der Waals surface area contributed by atoms with E-state index in [0.29, 0.717) is 23.9 Å². The van der Waals surface area contributed by atoms with E-state index in [0.717, 1.165) is 12.4 Å². The number of para-hydroxylation sites is 1. The van der Waals surface area contributed by atoms with Gasteiger partial charge in [0.05, 0.1) is 6.61 Å². The summed E-state index contributed by atoms with van der Waals surface area (Å²) in [4.78, 5) is 0. The number of hydrogen-bond acceptors (Lipinski definition) is 2. The van der Waals surface area contributed by atoms with Crippen molar-refractivity contribution in [1.82, 2.24) is 5.32 Å². The zero-order valence-electron chi connectivity index (χ0n) is 11.9. The van der Waals surface area contributed by atoms with Gasteiger partial charge in [-0.25, -0.2) is 0 Å². The van der Waals surface area contributed by atoms with Crippen LogP contribution < -0.4 is 10.1 Å². The molecule has 0 spiro atoms. The minimum atomic E-state index is 0.419. The summed E-state index contributed by atoms with van der Waals surface area (Å²) in [5.74, 6) is 2.23. The third-order valence-corrected chi connectivity index (χ3v) is 3.96. The van der Waals surface area contributed by atoms with E-state index in [1.165, 1.54) is 12.0 Å². The number of rotatable bonds is 4. The highest BCUT2D eigenvalue weighted by molar-refractivity contribution is 5.38. The van der Waals surface area contributed by atoms with Crippen LogP contribution in [0.5, 0.6) is 5.75 Å². The maximum Gasteiger partial charge on any atom is 0.124 e. The van der Waals surface area contributed by atoms with Crippen molar-refractivity contribution in [2.45, 2.75) is 46.2 Å². The number of ether oxygens (including phenoxy) is 1. The van der Waals surface area contributed by atoms with Crippen LogP contribution in [-0.4, -0.2) is 12.6 Å². The third-order valence-electron chi connectivity index (χ3n) is 3.96. The predicted octanol–water partition coefficient (Wildman–Crippen LogP) is 3.78. The van der Waals surface area contributed by atoms with Gasteiger partial charge in [-0.3, -0.25) is 0 Å². The lowest BCUT2D eigenvalue weighted by molar-refractivity contribution is 0.172. The van der Waals surface area contributed by atoms with Gasteiger partial charge in [0.15, 0.2) is 0 Å². The molecule has 0 aliphatic carbocycles. The van der Waals surface area contributed by atoms with Crippen molar-refractivity contribution in [3.63, 3.8) is 0 Å². The number of hydrogen-bond donors (Lipinski definition) is 1. The first-order chi connectivity index (χ1) is 8.63. The smallest absolute Gasteiger partial charge is 0.124 e. The third kappa shape index (κ3) is 2.69. The number of fused-ring (bicyclic) bond motifs is 1. The molecule has 0 saturated carbocycles. The molecule has 0 radical (unpaired) electrons. The van der Waals surface area contributed by atoms with Crippen LogP contribution in [0.3, 0.4) is 0 Å². The molecule has 0 amide bonds. The molecule has 2 heteroatoms. The second-order valence-corrected chi connectivity index (χ2v) is 5.73. The molecule has 1 heterocycles. The predicted molar refractivity (Wildman–Crippen MR) is 75.9 cm³/mol. The van der Waals surface area contributed by atoms with E-state index in [2.05, 4.69) is 51.2 Å². The summed E-state index contributed by atoms with van der Waals surface area (Å²) in [6.07, 6.45) is 1.17. The van der Waals surface area contributed by atoms with Crippen LogP contribution in [0.25, 0.3) is 0 Å². The van der Waals surface area contributed by atoms with Crippen LogP contribution in [0.15, 0.2) is 24.3 Å². The standard InChI is InChI=1S/C16H25NO/c1-5-14(11(2)3)17-16-12(4)10-18-15-9-7-6-8-13(15)16/h6-9,11-12,14,16-17H,5,10H2,1-4H3. The number of nitrogens with one attached hydrogen (secondary N) is 1. The van der Waals surface area contributed by atoms with E-state index in [4.69, 9.17) is 4.74 Å². The van der Waals surface area contributed by atoms with E-state index in [1.807, 2.05) is 6.07 Å². The Morgan fingerprint density at radius 1 is 1.33 bits per heavy atom. The molecule has 18 heavy (non-hydrogen) atoms. The van der Waals surface area contributed by atoms with Crippen molar-refractivity contribution in [2.24, 2.45) is 11.8 Å². The van der Waals surface area contributed by atoms with Crippen LogP contribution in [0.4, 0.5) is 0 Å². The van der Waals surface area contributed by atoms with E-state index in [9.17, 15) is 0 Å². The van der Waals surface area contributed by atoms with Gasteiger partial charge in [0.2, 0.25) is 0 Å². The zero-order chi connectivity index (χ0) is 13.1. The summed E-state index contributed by atoms with van der Waals surface area (Å²) in [7, 11) is 0. The van der Waals surface area contributed by atoms with Gasteiger partial charge in [0.25, 0.3) is 0 Å². The van der Waals surface area contributed by atoms with Gasteiger partial charge in [0.1, 0.15) is 5.75 Å². The Bertz CT molecular complexity index is 388. The lowest BCUT2D eigenvalue weighted by Gasteiger charge is -2.36. The monoisotopic (exact) mass is 247 g/mol. The van der Waals surface area contributed by atoms with E-state index >= 15 is 0 Å². The number of benzene rings is 1. The lowest BCUT2D eigenvalue weighted by atomic mass is 9.89. The van der Waals surface area contributed by atoms with Crippen molar-refractivity contribution in [3.8, 4) is 5.75 Å². The van der Waals surface area contributed by atoms with Crippen LogP contribution in [0, 0.1) is 11.8 Å².